The summed E-state index contributed by atoms with van der Waals surface area (Å²) in [6, 6.07) is 7.61. The Kier molecular flexibility index (Phi) is 11.3. The van der Waals surface area contributed by atoms with Crippen molar-refractivity contribution in [3.05, 3.63) is 69.8 Å². The van der Waals surface area contributed by atoms with Crippen LogP contribution in [-0.4, -0.2) is 59.9 Å². The fourth-order valence-corrected chi connectivity index (χ4v) is 6.91. The third-order valence-corrected chi connectivity index (χ3v) is 8.54. The molecule has 0 bridgehead atoms. The average Bonchev–Trinajstić information content (AvgIpc) is 3.41. The van der Waals surface area contributed by atoms with Gasteiger partial charge in [0.15, 0.2) is 0 Å². The molecule has 2 amide bonds. The third-order valence-electron chi connectivity index (χ3n) is 8.54. The molecule has 2 saturated heterocycles. The van der Waals surface area contributed by atoms with Crippen molar-refractivity contribution >= 4 is 36.6 Å². The van der Waals surface area contributed by atoms with Gasteiger partial charge in [-0.25, -0.2) is 0 Å². The Labute approximate surface area is 264 Å². The van der Waals surface area contributed by atoms with E-state index in [1.807, 2.05) is 13.8 Å². The van der Waals surface area contributed by atoms with Gasteiger partial charge in [0.1, 0.15) is 0 Å². The second-order valence-corrected chi connectivity index (χ2v) is 11.1. The summed E-state index contributed by atoms with van der Waals surface area (Å²) in [5.74, 6) is -0.962. The maximum atomic E-state index is 13.2. The van der Waals surface area contributed by atoms with E-state index < -0.39 is 35.3 Å². The summed E-state index contributed by atoms with van der Waals surface area (Å²) >= 11 is 0. The Hall–Kier alpha value is -2.54. The first-order chi connectivity index (χ1) is 19.9. The van der Waals surface area contributed by atoms with E-state index >= 15 is 0 Å². The minimum atomic E-state index is -4.50. The zero-order valence-corrected chi connectivity index (χ0v) is 25.9. The van der Waals surface area contributed by atoms with Gasteiger partial charge in [-0.1, -0.05) is 51.0 Å². The van der Waals surface area contributed by atoms with E-state index in [0.717, 1.165) is 37.8 Å². The lowest BCUT2D eigenvalue weighted by Crippen LogP contribution is -2.51. The van der Waals surface area contributed by atoms with Crippen LogP contribution in [0, 0.1) is 0 Å². The molecular formula is C30H36Cl2F6N4O2. The van der Waals surface area contributed by atoms with Gasteiger partial charge in [-0.05, 0) is 36.1 Å². The zero-order chi connectivity index (χ0) is 30.4. The maximum Gasteiger partial charge on any atom is 0.417 e. The normalized spacial score (nSPS) is 23.8. The van der Waals surface area contributed by atoms with Crippen LogP contribution in [-0.2, 0) is 12.4 Å². The van der Waals surface area contributed by atoms with Crippen LogP contribution in [0.4, 0.5) is 26.3 Å². The van der Waals surface area contributed by atoms with Crippen LogP contribution in [0.1, 0.15) is 94.6 Å². The van der Waals surface area contributed by atoms with Gasteiger partial charge in [0.05, 0.1) is 34.3 Å². The van der Waals surface area contributed by atoms with Gasteiger partial charge in [0.2, 0.25) is 0 Å². The SMILES string of the molecule is CCC[C@@H]1NCCN2C(=O)c3c(cccc3C(F)(F)F)[C@H]12.CCC[C@H]1NCCN2C(=O)c3c(cccc3C(F)(F)F)[C@@H]12.Cl.Cl. The summed E-state index contributed by atoms with van der Waals surface area (Å²) in [6.07, 6.45) is -5.48. The smallest absolute Gasteiger partial charge is 0.329 e. The van der Waals surface area contributed by atoms with E-state index in [2.05, 4.69) is 10.6 Å². The van der Waals surface area contributed by atoms with Crippen molar-refractivity contribution in [2.75, 3.05) is 26.2 Å². The molecule has 6 rings (SSSR count). The highest BCUT2D eigenvalue weighted by Gasteiger charge is 2.49. The largest absolute Gasteiger partial charge is 0.417 e. The molecule has 14 heteroatoms. The van der Waals surface area contributed by atoms with Crippen LogP contribution in [0.5, 0.6) is 0 Å². The molecule has 0 radical (unpaired) electrons. The van der Waals surface area contributed by atoms with E-state index in [4.69, 9.17) is 0 Å². The second kappa shape index (κ2) is 13.8. The number of fused-ring (bicyclic) bond motifs is 6. The predicted octanol–water partition coefficient (Wildman–Crippen LogP) is 6.79. The van der Waals surface area contributed by atoms with Crippen molar-refractivity contribution in [3.63, 3.8) is 0 Å². The fraction of sp³-hybridized carbons (Fsp3) is 0.533. The van der Waals surface area contributed by atoms with Gasteiger partial charge in [0, 0.05) is 38.3 Å². The third kappa shape index (κ3) is 6.41. The molecular weight excluding hydrogens is 633 g/mol. The Morgan fingerprint density at radius 1 is 0.682 bits per heavy atom. The highest BCUT2D eigenvalue weighted by atomic mass is 35.5. The standard InChI is InChI=1S/2C15H17F3N2O.2ClH/c2*1-2-4-11-13-9-5-3-6-10(15(16,17)18)12(9)14(21)20(13)8-7-19-11;;/h2*3,5-6,11,13,19H,2,4,7-8H2,1H3;2*1H/t2*11-,13+;;/m10../s1. The number of alkyl halides is 6. The van der Waals surface area contributed by atoms with Crippen LogP contribution in [0.2, 0.25) is 0 Å². The minimum Gasteiger partial charge on any atom is -0.329 e. The number of hydrogen-bond acceptors (Lipinski definition) is 4. The molecule has 4 heterocycles. The first-order valence-electron chi connectivity index (χ1n) is 14.4. The van der Waals surface area contributed by atoms with Crippen molar-refractivity contribution in [2.45, 2.75) is 76.1 Å². The summed E-state index contributed by atoms with van der Waals surface area (Å²) in [5, 5.41) is 6.67. The minimum absolute atomic E-state index is 0. The Morgan fingerprint density at radius 3 is 1.36 bits per heavy atom. The molecule has 2 aromatic carbocycles. The van der Waals surface area contributed by atoms with Gasteiger partial charge in [-0.15, -0.1) is 24.8 Å². The van der Waals surface area contributed by atoms with Gasteiger partial charge in [-0.2, -0.15) is 26.3 Å². The molecule has 2 N–H and O–H groups in total. The molecule has 4 aliphatic heterocycles. The Balaban J connectivity index is 0.000000230. The molecule has 6 nitrogen and oxygen atoms in total. The van der Waals surface area contributed by atoms with Crippen LogP contribution in [0.3, 0.4) is 0 Å². The van der Waals surface area contributed by atoms with Gasteiger partial charge in [0.25, 0.3) is 11.8 Å². The highest BCUT2D eigenvalue weighted by molar-refractivity contribution is 6.01. The summed E-state index contributed by atoms with van der Waals surface area (Å²) < 4.78 is 78.9. The van der Waals surface area contributed by atoms with Crippen molar-refractivity contribution in [1.29, 1.82) is 0 Å². The van der Waals surface area contributed by atoms with Crippen LogP contribution in [0.15, 0.2) is 36.4 Å². The number of nitrogens with zero attached hydrogens (tertiary/aromatic N) is 2. The molecule has 4 aliphatic rings. The molecule has 4 atom stereocenters. The Bertz CT molecular complexity index is 1250. The molecule has 0 unspecified atom stereocenters. The van der Waals surface area contributed by atoms with Crippen molar-refractivity contribution < 1.29 is 35.9 Å². The number of carbonyl (C=O) groups excluding carboxylic acids is 2. The fourth-order valence-electron chi connectivity index (χ4n) is 6.91. The monoisotopic (exact) mass is 668 g/mol. The van der Waals surface area contributed by atoms with E-state index in [9.17, 15) is 35.9 Å². The molecule has 0 spiro atoms. The summed E-state index contributed by atoms with van der Waals surface area (Å²) in [7, 11) is 0. The number of benzene rings is 2. The number of amides is 2. The summed E-state index contributed by atoms with van der Waals surface area (Å²) in [6.45, 7) is 6.23. The van der Waals surface area contributed by atoms with Crippen LogP contribution in [0.25, 0.3) is 0 Å². The zero-order valence-electron chi connectivity index (χ0n) is 24.2. The molecule has 2 fully saturated rings. The number of nitrogens with one attached hydrogen (secondary N) is 2. The number of carbonyl (C=O) groups is 2. The number of rotatable bonds is 4. The topological polar surface area (TPSA) is 64.7 Å². The van der Waals surface area contributed by atoms with Gasteiger partial charge < -0.3 is 20.4 Å². The van der Waals surface area contributed by atoms with Crippen molar-refractivity contribution in [3.8, 4) is 0 Å². The van der Waals surface area contributed by atoms with E-state index in [-0.39, 0.29) is 60.1 Å². The van der Waals surface area contributed by atoms with Crippen molar-refractivity contribution in [1.82, 2.24) is 20.4 Å². The molecule has 0 saturated carbocycles. The van der Waals surface area contributed by atoms with E-state index in [0.29, 0.717) is 37.3 Å². The molecule has 0 aliphatic carbocycles. The number of halogens is 8. The molecule has 244 valence electrons. The first-order valence-corrected chi connectivity index (χ1v) is 14.4. The van der Waals surface area contributed by atoms with Gasteiger partial charge >= 0.3 is 12.4 Å². The van der Waals surface area contributed by atoms with Crippen molar-refractivity contribution in [2.24, 2.45) is 0 Å². The predicted molar refractivity (Wildman–Crippen MR) is 158 cm³/mol. The lowest BCUT2D eigenvalue weighted by Gasteiger charge is -2.38. The number of piperazine rings is 2. The van der Waals surface area contributed by atoms with Crippen LogP contribution >= 0.6 is 24.8 Å². The molecule has 44 heavy (non-hydrogen) atoms. The molecule has 2 aromatic rings. The quantitative estimate of drug-likeness (QED) is 0.352. The lowest BCUT2D eigenvalue weighted by atomic mass is 9.92. The van der Waals surface area contributed by atoms with Gasteiger partial charge in [-0.3, -0.25) is 9.59 Å². The molecule has 0 aromatic heterocycles. The number of hydrogen-bond donors (Lipinski definition) is 2. The average molecular weight is 670 g/mol. The maximum absolute atomic E-state index is 13.2. The summed E-state index contributed by atoms with van der Waals surface area (Å²) in [5.41, 5.74) is -0.898. The van der Waals surface area contributed by atoms with E-state index in [1.54, 1.807) is 21.9 Å². The lowest BCUT2D eigenvalue weighted by molar-refractivity contribution is -0.138. The van der Waals surface area contributed by atoms with Crippen LogP contribution < -0.4 is 10.6 Å². The van der Waals surface area contributed by atoms with E-state index in [1.165, 1.54) is 12.1 Å². The second-order valence-electron chi connectivity index (χ2n) is 11.1. The Morgan fingerprint density at radius 2 is 1.05 bits per heavy atom. The summed E-state index contributed by atoms with van der Waals surface area (Å²) in [4.78, 5) is 28.1. The highest BCUT2D eigenvalue weighted by Crippen LogP contribution is 2.45. The first kappa shape index (κ1) is 35.9.